The smallest absolute Gasteiger partial charge is 0.161 e. The number of benzene rings is 2. The van der Waals surface area contributed by atoms with Crippen LogP contribution in [-0.4, -0.2) is 13.2 Å². The van der Waals surface area contributed by atoms with Crippen LogP contribution in [0, 0.1) is 0 Å². The Balaban J connectivity index is 1.96. The summed E-state index contributed by atoms with van der Waals surface area (Å²) in [5.74, 6) is 1.51. The molecule has 0 spiro atoms. The second-order valence-corrected chi connectivity index (χ2v) is 6.51. The second-order valence-electron chi connectivity index (χ2n) is 4.79. The maximum absolute atomic E-state index is 6.61. The van der Waals surface area contributed by atoms with Gasteiger partial charge in [-0.25, -0.2) is 0 Å². The molecule has 1 aliphatic rings. The van der Waals surface area contributed by atoms with Crippen LogP contribution in [0.3, 0.4) is 0 Å². The van der Waals surface area contributed by atoms with E-state index >= 15 is 0 Å². The fraction of sp³-hybridized carbons (Fsp3) is 0.250. The van der Waals surface area contributed by atoms with E-state index in [9.17, 15) is 0 Å². The lowest BCUT2D eigenvalue weighted by atomic mass is 10.0. The minimum absolute atomic E-state index is 0.310. The molecule has 0 saturated carbocycles. The van der Waals surface area contributed by atoms with Gasteiger partial charge in [0.05, 0.1) is 18.6 Å². The van der Waals surface area contributed by atoms with Gasteiger partial charge < -0.3 is 9.47 Å². The number of ether oxygens (including phenoxy) is 2. The molecule has 0 aliphatic carbocycles. The van der Waals surface area contributed by atoms with Gasteiger partial charge >= 0.3 is 0 Å². The topological polar surface area (TPSA) is 18.5 Å². The predicted octanol–water partition coefficient (Wildman–Crippen LogP) is 5.59. The Morgan fingerprint density at radius 2 is 1.76 bits per heavy atom. The molecule has 0 aromatic heterocycles. The first kappa shape index (κ1) is 15.0. The first-order chi connectivity index (χ1) is 10.1. The average Bonchev–Trinajstić information content (AvgIpc) is 2.73. The summed E-state index contributed by atoms with van der Waals surface area (Å²) in [6, 6.07) is 11.4. The molecule has 1 heterocycles. The molecule has 0 saturated heterocycles. The third kappa shape index (κ3) is 3.31. The molecule has 0 radical (unpaired) electrons. The first-order valence-electron chi connectivity index (χ1n) is 6.64. The van der Waals surface area contributed by atoms with Crippen molar-refractivity contribution in [3.05, 3.63) is 57.0 Å². The van der Waals surface area contributed by atoms with E-state index in [1.54, 1.807) is 0 Å². The number of hydrogen-bond donors (Lipinski definition) is 0. The average molecular weight is 388 g/mol. The lowest BCUT2D eigenvalue weighted by Gasteiger charge is -2.15. The van der Waals surface area contributed by atoms with Gasteiger partial charge in [-0.3, -0.25) is 0 Å². The molecule has 1 aliphatic heterocycles. The van der Waals surface area contributed by atoms with Gasteiger partial charge in [0.25, 0.3) is 0 Å². The molecule has 110 valence electrons. The summed E-state index contributed by atoms with van der Waals surface area (Å²) in [5.41, 5.74) is 1.88. The zero-order valence-corrected chi connectivity index (χ0v) is 14.2. The van der Waals surface area contributed by atoms with Crippen molar-refractivity contribution in [1.82, 2.24) is 0 Å². The molecule has 2 aromatic rings. The largest absolute Gasteiger partial charge is 0.490 e. The van der Waals surface area contributed by atoms with Crippen molar-refractivity contribution >= 4 is 39.1 Å². The number of fused-ring (bicyclic) bond motifs is 1. The summed E-state index contributed by atoms with van der Waals surface area (Å²) < 4.78 is 12.3. The van der Waals surface area contributed by atoms with Gasteiger partial charge in [-0.05, 0) is 41.5 Å². The third-order valence-electron chi connectivity index (χ3n) is 3.30. The summed E-state index contributed by atoms with van der Waals surface area (Å²) in [6.07, 6.45) is 0.883. The fourth-order valence-electron chi connectivity index (χ4n) is 2.23. The lowest BCUT2D eigenvalue weighted by Crippen LogP contribution is -1.98. The highest BCUT2D eigenvalue weighted by atomic mass is 79.9. The van der Waals surface area contributed by atoms with E-state index in [-0.39, 0.29) is 5.38 Å². The van der Waals surface area contributed by atoms with Crippen molar-refractivity contribution in [2.75, 3.05) is 13.2 Å². The van der Waals surface area contributed by atoms with Gasteiger partial charge in [-0.15, -0.1) is 11.6 Å². The Morgan fingerprint density at radius 1 is 1.00 bits per heavy atom. The van der Waals surface area contributed by atoms with Crippen LogP contribution in [0.25, 0.3) is 0 Å². The number of hydrogen-bond acceptors (Lipinski definition) is 2. The van der Waals surface area contributed by atoms with Gasteiger partial charge in [0.15, 0.2) is 11.5 Å². The molecule has 2 aromatic carbocycles. The van der Waals surface area contributed by atoms with Crippen molar-refractivity contribution in [3.63, 3.8) is 0 Å². The van der Waals surface area contributed by atoms with E-state index in [1.807, 2.05) is 36.4 Å². The van der Waals surface area contributed by atoms with E-state index < -0.39 is 0 Å². The van der Waals surface area contributed by atoms with E-state index in [2.05, 4.69) is 15.9 Å². The van der Waals surface area contributed by atoms with Crippen LogP contribution < -0.4 is 9.47 Å². The summed E-state index contributed by atoms with van der Waals surface area (Å²) >= 11 is 16.2. The molecule has 0 fully saturated rings. The number of rotatable bonds is 2. The zero-order valence-electron chi connectivity index (χ0n) is 11.1. The lowest BCUT2D eigenvalue weighted by molar-refractivity contribution is 0.297. The van der Waals surface area contributed by atoms with E-state index in [1.165, 1.54) is 0 Å². The number of alkyl halides is 1. The molecule has 0 amide bonds. The highest BCUT2D eigenvalue weighted by Crippen LogP contribution is 2.39. The molecule has 2 nitrogen and oxygen atoms in total. The van der Waals surface area contributed by atoms with Crippen LogP contribution in [-0.2, 0) is 0 Å². The zero-order chi connectivity index (χ0) is 14.8. The Bertz CT molecular complexity index is 661. The first-order valence-corrected chi connectivity index (χ1v) is 8.24. The van der Waals surface area contributed by atoms with Crippen molar-refractivity contribution in [3.8, 4) is 11.5 Å². The maximum Gasteiger partial charge on any atom is 0.161 e. The van der Waals surface area contributed by atoms with Gasteiger partial charge in [0.2, 0.25) is 0 Å². The van der Waals surface area contributed by atoms with Crippen molar-refractivity contribution < 1.29 is 9.47 Å². The third-order valence-corrected chi connectivity index (χ3v) is 4.74. The van der Waals surface area contributed by atoms with Crippen LogP contribution in [0.2, 0.25) is 5.02 Å². The Kier molecular flexibility index (Phi) is 4.63. The molecule has 1 atom stereocenters. The van der Waals surface area contributed by atoms with Crippen LogP contribution in [0.1, 0.15) is 22.9 Å². The highest BCUT2D eigenvalue weighted by Gasteiger charge is 2.18. The molecule has 0 N–H and O–H groups in total. The highest BCUT2D eigenvalue weighted by molar-refractivity contribution is 9.10. The molecule has 0 bridgehead atoms. The second kappa shape index (κ2) is 6.47. The van der Waals surface area contributed by atoms with Crippen LogP contribution in [0.4, 0.5) is 0 Å². The molecular weight excluding hydrogens is 375 g/mol. The van der Waals surface area contributed by atoms with Gasteiger partial charge in [0, 0.05) is 15.9 Å². The minimum atomic E-state index is -0.310. The monoisotopic (exact) mass is 386 g/mol. The van der Waals surface area contributed by atoms with Gasteiger partial charge in [-0.1, -0.05) is 33.6 Å². The summed E-state index contributed by atoms with van der Waals surface area (Å²) in [4.78, 5) is 0. The Hall–Kier alpha value is -0.900. The predicted molar refractivity (Wildman–Crippen MR) is 88.9 cm³/mol. The summed E-state index contributed by atoms with van der Waals surface area (Å²) in [6.45, 7) is 1.33. The molecule has 5 heteroatoms. The summed E-state index contributed by atoms with van der Waals surface area (Å²) in [7, 11) is 0. The van der Waals surface area contributed by atoms with Crippen molar-refractivity contribution in [2.24, 2.45) is 0 Å². The van der Waals surface area contributed by atoms with Crippen molar-refractivity contribution in [1.29, 1.82) is 0 Å². The Morgan fingerprint density at radius 3 is 2.57 bits per heavy atom. The van der Waals surface area contributed by atoms with Gasteiger partial charge in [0.1, 0.15) is 0 Å². The minimum Gasteiger partial charge on any atom is -0.490 e. The van der Waals surface area contributed by atoms with Crippen LogP contribution in [0.5, 0.6) is 11.5 Å². The van der Waals surface area contributed by atoms with E-state index in [0.717, 1.165) is 33.5 Å². The van der Waals surface area contributed by atoms with Crippen LogP contribution in [0.15, 0.2) is 40.9 Å². The quantitative estimate of drug-likeness (QED) is 0.625. The number of halogens is 3. The molecule has 3 rings (SSSR count). The van der Waals surface area contributed by atoms with Gasteiger partial charge in [-0.2, -0.15) is 0 Å². The maximum atomic E-state index is 6.61. The fourth-order valence-corrected chi connectivity index (χ4v) is 3.33. The van der Waals surface area contributed by atoms with Crippen molar-refractivity contribution in [2.45, 2.75) is 11.8 Å². The summed E-state index contributed by atoms with van der Waals surface area (Å²) in [5, 5.41) is 0.350. The van der Waals surface area contributed by atoms with E-state index in [4.69, 9.17) is 32.7 Å². The normalized spacial score (nSPS) is 15.4. The standard InChI is InChI=1S/C16H13BrCl2O2/c17-13-4-3-11(18)9-12(13)16(19)10-2-5-14-15(8-10)21-7-1-6-20-14/h2-5,8-9,16H,1,6-7H2. The molecule has 21 heavy (non-hydrogen) atoms. The Labute approximate surface area is 142 Å². The molecular formula is C16H13BrCl2O2. The van der Waals surface area contributed by atoms with E-state index in [0.29, 0.717) is 18.2 Å². The molecule has 1 unspecified atom stereocenters. The van der Waals surface area contributed by atoms with Crippen LogP contribution >= 0.6 is 39.1 Å². The SMILES string of the molecule is Clc1ccc(Br)c(C(Cl)c2ccc3c(c2)OCCCO3)c1.